The molecular formula is C12H12BrNO2S. The van der Waals surface area contributed by atoms with Crippen LogP contribution >= 0.6 is 27.7 Å². The van der Waals surface area contributed by atoms with Crippen LogP contribution in [0.25, 0.3) is 0 Å². The van der Waals surface area contributed by atoms with Crippen LogP contribution in [0, 0.1) is 0 Å². The lowest BCUT2D eigenvalue weighted by molar-refractivity contribution is -0.127. The van der Waals surface area contributed by atoms with Crippen LogP contribution in [0.5, 0.6) is 5.75 Å². The largest absolute Gasteiger partial charge is 0.474 e. The number of benzene rings is 1. The summed E-state index contributed by atoms with van der Waals surface area (Å²) in [5, 5.41) is 0. The summed E-state index contributed by atoms with van der Waals surface area (Å²) < 4.78 is 6.82. The molecule has 0 atom stereocenters. The van der Waals surface area contributed by atoms with Crippen LogP contribution in [-0.2, 0) is 4.79 Å². The first-order chi connectivity index (χ1) is 8.07. The molecule has 5 heteroatoms. The van der Waals surface area contributed by atoms with Gasteiger partial charge < -0.3 is 9.64 Å². The Hall–Kier alpha value is -0.680. The monoisotopic (exact) mass is 313 g/mol. The smallest absolute Gasteiger partial charge is 0.271 e. The van der Waals surface area contributed by atoms with Crippen molar-refractivity contribution in [2.75, 3.05) is 18.2 Å². The molecule has 1 aromatic carbocycles. The van der Waals surface area contributed by atoms with Crippen molar-refractivity contribution in [3.63, 3.8) is 0 Å². The van der Waals surface area contributed by atoms with Gasteiger partial charge >= 0.3 is 0 Å². The summed E-state index contributed by atoms with van der Waals surface area (Å²) >= 11 is 5.18. The van der Waals surface area contributed by atoms with E-state index in [-0.39, 0.29) is 5.91 Å². The van der Waals surface area contributed by atoms with Gasteiger partial charge in [0, 0.05) is 24.8 Å². The molecule has 1 fully saturated rings. The number of carbonyl (C=O) groups excluding carboxylic acids is 1. The lowest BCUT2D eigenvalue weighted by atomic mass is 10.1. The number of ether oxygens (including phenoxy) is 1. The predicted molar refractivity (Wildman–Crippen MR) is 71.9 cm³/mol. The lowest BCUT2D eigenvalue weighted by Gasteiger charge is -2.33. The van der Waals surface area contributed by atoms with Crippen molar-refractivity contribution in [1.29, 1.82) is 0 Å². The van der Waals surface area contributed by atoms with Gasteiger partial charge in [-0.3, -0.25) is 4.79 Å². The maximum absolute atomic E-state index is 12.2. The van der Waals surface area contributed by atoms with Crippen molar-refractivity contribution in [2.45, 2.75) is 23.3 Å². The molecule has 1 aromatic rings. The number of nitrogens with zero attached hydrogens (tertiary/aromatic N) is 1. The van der Waals surface area contributed by atoms with Gasteiger partial charge in [0.15, 0.2) is 11.4 Å². The quantitative estimate of drug-likeness (QED) is 0.746. The minimum atomic E-state index is -0.564. The van der Waals surface area contributed by atoms with Crippen LogP contribution in [-0.4, -0.2) is 24.8 Å². The molecule has 17 heavy (non-hydrogen) atoms. The molecule has 1 spiro atoms. The van der Waals surface area contributed by atoms with Gasteiger partial charge in [0.05, 0.1) is 10.2 Å². The van der Waals surface area contributed by atoms with Gasteiger partial charge in [-0.25, -0.2) is 0 Å². The minimum absolute atomic E-state index is 0.0788. The van der Waals surface area contributed by atoms with Crippen molar-refractivity contribution in [2.24, 2.45) is 0 Å². The molecule has 1 amide bonds. The Kier molecular flexibility index (Phi) is 2.45. The second kappa shape index (κ2) is 3.65. The first-order valence-electron chi connectivity index (χ1n) is 5.42. The van der Waals surface area contributed by atoms with Crippen LogP contribution < -0.4 is 9.64 Å². The number of hydrogen-bond donors (Lipinski definition) is 0. The highest BCUT2D eigenvalue weighted by Crippen LogP contribution is 2.51. The highest BCUT2D eigenvalue weighted by molar-refractivity contribution is 9.10. The molecule has 1 heterocycles. The number of likely N-dealkylation sites (N-methyl/N-ethyl adjacent to an activating group) is 1. The molecule has 0 radical (unpaired) electrons. The Morgan fingerprint density at radius 2 is 2.18 bits per heavy atom. The molecule has 3 nitrogen and oxygen atoms in total. The van der Waals surface area contributed by atoms with Crippen LogP contribution in [0.3, 0.4) is 0 Å². The van der Waals surface area contributed by atoms with Crippen molar-refractivity contribution in [3.8, 4) is 5.75 Å². The predicted octanol–water partition coefficient (Wildman–Crippen LogP) is 3.06. The number of hydrogen-bond acceptors (Lipinski definition) is 3. The van der Waals surface area contributed by atoms with E-state index in [0.717, 1.165) is 33.6 Å². The van der Waals surface area contributed by atoms with E-state index in [9.17, 15) is 4.79 Å². The van der Waals surface area contributed by atoms with Crippen LogP contribution in [0.2, 0.25) is 0 Å². The van der Waals surface area contributed by atoms with Gasteiger partial charge in [0.25, 0.3) is 5.91 Å². The molecule has 0 bridgehead atoms. The number of thioether (sulfide) groups is 1. The zero-order valence-corrected chi connectivity index (χ0v) is 12.0. The van der Waals surface area contributed by atoms with Gasteiger partial charge in [-0.1, -0.05) is 0 Å². The second-order valence-corrected chi connectivity index (χ2v) is 6.15. The van der Waals surface area contributed by atoms with E-state index in [4.69, 9.17) is 4.74 Å². The normalized spacial score (nSPS) is 20.2. The van der Waals surface area contributed by atoms with Crippen LogP contribution in [0.15, 0.2) is 21.5 Å². The number of fused-ring (bicyclic) bond motifs is 1. The summed E-state index contributed by atoms with van der Waals surface area (Å²) in [4.78, 5) is 15.0. The fraction of sp³-hybridized carbons (Fsp3) is 0.417. The van der Waals surface area contributed by atoms with Crippen LogP contribution in [0.4, 0.5) is 5.69 Å². The maximum Gasteiger partial charge on any atom is 0.271 e. The van der Waals surface area contributed by atoms with E-state index >= 15 is 0 Å². The molecule has 3 rings (SSSR count). The topological polar surface area (TPSA) is 29.5 Å². The third-order valence-electron chi connectivity index (χ3n) is 3.29. The van der Waals surface area contributed by atoms with Gasteiger partial charge in [-0.05, 0) is 34.3 Å². The Bertz CT molecular complexity index is 513. The Balaban J connectivity index is 2.15. The van der Waals surface area contributed by atoms with Crippen molar-refractivity contribution >= 4 is 39.3 Å². The molecule has 1 saturated carbocycles. The SMILES string of the molecule is CSc1cc(Br)c2c(c1)N(C)C(=O)C1(CC1)O2. The molecule has 2 aliphatic rings. The molecule has 1 aliphatic carbocycles. The zero-order valence-electron chi connectivity index (χ0n) is 9.62. The van der Waals surface area contributed by atoms with E-state index in [1.54, 1.807) is 16.7 Å². The first-order valence-corrected chi connectivity index (χ1v) is 7.44. The summed E-state index contributed by atoms with van der Waals surface area (Å²) in [6.07, 6.45) is 3.67. The van der Waals surface area contributed by atoms with E-state index < -0.39 is 5.60 Å². The minimum Gasteiger partial charge on any atom is -0.474 e. The maximum atomic E-state index is 12.2. The highest BCUT2D eigenvalue weighted by atomic mass is 79.9. The fourth-order valence-electron chi connectivity index (χ4n) is 2.11. The molecular weight excluding hydrogens is 302 g/mol. The molecule has 0 saturated heterocycles. The van der Waals surface area contributed by atoms with Gasteiger partial charge in [0.1, 0.15) is 0 Å². The third kappa shape index (κ3) is 1.59. The Morgan fingerprint density at radius 1 is 1.47 bits per heavy atom. The van der Waals surface area contributed by atoms with E-state index in [2.05, 4.69) is 15.9 Å². The zero-order chi connectivity index (χ0) is 12.2. The van der Waals surface area contributed by atoms with E-state index in [0.29, 0.717) is 0 Å². The molecule has 0 unspecified atom stereocenters. The van der Waals surface area contributed by atoms with Crippen LogP contribution in [0.1, 0.15) is 12.8 Å². The average molecular weight is 314 g/mol. The summed E-state index contributed by atoms with van der Waals surface area (Å²) in [7, 11) is 1.82. The number of halogens is 1. The van der Waals surface area contributed by atoms with E-state index in [1.165, 1.54) is 0 Å². The molecule has 1 aliphatic heterocycles. The van der Waals surface area contributed by atoms with Gasteiger partial charge in [-0.15, -0.1) is 11.8 Å². The second-order valence-electron chi connectivity index (χ2n) is 4.42. The molecule has 0 N–H and O–H groups in total. The van der Waals surface area contributed by atoms with Crippen molar-refractivity contribution < 1.29 is 9.53 Å². The molecule has 0 aromatic heterocycles. The first kappa shape index (κ1) is 11.4. The van der Waals surface area contributed by atoms with Gasteiger partial charge in [-0.2, -0.15) is 0 Å². The summed E-state index contributed by atoms with van der Waals surface area (Å²) in [6.45, 7) is 0. The van der Waals surface area contributed by atoms with Gasteiger partial charge in [0.2, 0.25) is 0 Å². The standard InChI is InChI=1S/C12H12BrNO2S/c1-14-9-6-7(17-2)5-8(13)10(9)16-12(3-4-12)11(14)15/h5-6H,3-4H2,1-2H3. The summed E-state index contributed by atoms with van der Waals surface area (Å²) in [5.74, 6) is 0.873. The summed E-state index contributed by atoms with van der Waals surface area (Å²) in [5.41, 5.74) is 0.289. The average Bonchev–Trinajstić information content (AvgIpc) is 3.09. The summed E-state index contributed by atoms with van der Waals surface area (Å²) in [6, 6.07) is 4.03. The Morgan fingerprint density at radius 3 is 2.76 bits per heavy atom. The van der Waals surface area contributed by atoms with Crippen molar-refractivity contribution in [3.05, 3.63) is 16.6 Å². The third-order valence-corrected chi connectivity index (χ3v) is 4.59. The fourth-order valence-corrected chi connectivity index (χ4v) is 3.25. The van der Waals surface area contributed by atoms with E-state index in [1.807, 2.05) is 25.4 Å². The van der Waals surface area contributed by atoms with Crippen molar-refractivity contribution in [1.82, 2.24) is 0 Å². The highest BCUT2D eigenvalue weighted by Gasteiger charge is 2.57. The number of rotatable bonds is 1. The Labute approximate surface area is 113 Å². The lowest BCUT2D eigenvalue weighted by Crippen LogP contribution is -2.45. The molecule has 90 valence electrons. The number of carbonyl (C=O) groups is 1. The number of anilines is 1. The number of amides is 1.